The van der Waals surface area contributed by atoms with Crippen molar-refractivity contribution in [3.8, 4) is 5.75 Å². The van der Waals surface area contributed by atoms with Crippen molar-refractivity contribution in [2.45, 2.75) is 13.3 Å². The molecule has 2 rings (SSSR count). The van der Waals surface area contributed by atoms with Crippen molar-refractivity contribution in [1.29, 1.82) is 0 Å². The topological polar surface area (TPSA) is 35.5 Å². The minimum absolute atomic E-state index is 0.0722. The van der Waals surface area contributed by atoms with Gasteiger partial charge in [0.15, 0.2) is 6.61 Å². The fourth-order valence-corrected chi connectivity index (χ4v) is 2.39. The van der Waals surface area contributed by atoms with E-state index in [1.165, 1.54) is 5.56 Å². The lowest BCUT2D eigenvalue weighted by Crippen LogP contribution is -2.15. The summed E-state index contributed by atoms with van der Waals surface area (Å²) in [5, 5.41) is 0. The second kappa shape index (κ2) is 7.84. The maximum atomic E-state index is 11.4. The molecule has 0 spiro atoms. The van der Waals surface area contributed by atoms with E-state index in [1.54, 1.807) is 6.92 Å². The second-order valence-corrected chi connectivity index (χ2v) is 5.42. The van der Waals surface area contributed by atoms with Gasteiger partial charge in [-0.05, 0) is 36.2 Å². The van der Waals surface area contributed by atoms with E-state index in [4.69, 9.17) is 9.47 Å². The van der Waals surface area contributed by atoms with Crippen LogP contribution in [0, 0.1) is 0 Å². The third-order valence-electron chi connectivity index (χ3n) is 2.91. The van der Waals surface area contributed by atoms with Crippen LogP contribution in [-0.2, 0) is 16.0 Å². The third-order valence-corrected chi connectivity index (χ3v) is 3.40. The highest BCUT2D eigenvalue weighted by molar-refractivity contribution is 9.10. The fraction of sp³-hybridized carbons (Fsp3) is 0.235. The number of hydrogen-bond donors (Lipinski definition) is 0. The fourth-order valence-electron chi connectivity index (χ4n) is 1.98. The first kappa shape index (κ1) is 15.6. The summed E-state index contributed by atoms with van der Waals surface area (Å²) >= 11 is 3.47. The number of carbonyl (C=O) groups is 1. The van der Waals surface area contributed by atoms with Gasteiger partial charge in [0.2, 0.25) is 0 Å². The lowest BCUT2D eigenvalue weighted by Gasteiger charge is -2.12. The van der Waals surface area contributed by atoms with Crippen LogP contribution in [0.2, 0.25) is 0 Å². The first-order valence-corrected chi connectivity index (χ1v) is 7.59. The molecule has 0 heterocycles. The molecule has 0 N–H and O–H groups in total. The second-order valence-electron chi connectivity index (χ2n) is 4.51. The average molecular weight is 349 g/mol. The van der Waals surface area contributed by atoms with Crippen LogP contribution < -0.4 is 4.74 Å². The monoisotopic (exact) mass is 348 g/mol. The summed E-state index contributed by atoms with van der Waals surface area (Å²) in [6.07, 6.45) is 0.748. The smallest absolute Gasteiger partial charge is 0.344 e. The predicted molar refractivity (Wildman–Crippen MR) is 85.5 cm³/mol. The molecule has 4 heteroatoms. The zero-order valence-electron chi connectivity index (χ0n) is 11.8. The largest absolute Gasteiger partial charge is 0.482 e. The van der Waals surface area contributed by atoms with Gasteiger partial charge in [-0.2, -0.15) is 0 Å². The number of hydrogen-bond acceptors (Lipinski definition) is 3. The molecule has 0 aliphatic heterocycles. The molecule has 0 saturated heterocycles. The van der Waals surface area contributed by atoms with Crippen molar-refractivity contribution in [3.05, 3.63) is 64.1 Å². The Morgan fingerprint density at radius 1 is 1.14 bits per heavy atom. The molecule has 0 aliphatic carbocycles. The van der Waals surface area contributed by atoms with Crippen molar-refractivity contribution in [2.24, 2.45) is 0 Å². The van der Waals surface area contributed by atoms with E-state index in [9.17, 15) is 4.79 Å². The first-order valence-electron chi connectivity index (χ1n) is 6.80. The Morgan fingerprint density at radius 2 is 1.90 bits per heavy atom. The molecule has 110 valence electrons. The van der Waals surface area contributed by atoms with Crippen molar-refractivity contribution in [1.82, 2.24) is 0 Å². The molecule has 0 amide bonds. The summed E-state index contributed by atoms with van der Waals surface area (Å²) in [7, 11) is 0. The number of carbonyl (C=O) groups excluding carboxylic acids is 1. The van der Waals surface area contributed by atoms with E-state index in [-0.39, 0.29) is 12.6 Å². The quantitative estimate of drug-likeness (QED) is 0.740. The maximum Gasteiger partial charge on any atom is 0.344 e. The zero-order chi connectivity index (χ0) is 15.1. The van der Waals surface area contributed by atoms with Crippen LogP contribution in [0.4, 0.5) is 0 Å². The van der Waals surface area contributed by atoms with Crippen LogP contribution in [0.15, 0.2) is 53.0 Å². The summed E-state index contributed by atoms with van der Waals surface area (Å²) in [6.45, 7) is 2.06. The van der Waals surface area contributed by atoms with Gasteiger partial charge in [0.1, 0.15) is 5.75 Å². The lowest BCUT2D eigenvalue weighted by atomic mass is 10.0. The summed E-state index contributed by atoms with van der Waals surface area (Å²) in [4.78, 5) is 11.4. The minimum atomic E-state index is -0.355. The Morgan fingerprint density at radius 3 is 2.62 bits per heavy atom. The molecule has 0 radical (unpaired) electrons. The van der Waals surface area contributed by atoms with Gasteiger partial charge >= 0.3 is 5.97 Å². The molecular formula is C17H17BrO3. The van der Waals surface area contributed by atoms with Crippen molar-refractivity contribution in [2.75, 3.05) is 13.2 Å². The van der Waals surface area contributed by atoms with Crippen LogP contribution in [0.1, 0.15) is 18.1 Å². The van der Waals surface area contributed by atoms with E-state index in [0.717, 1.165) is 16.5 Å². The Bertz CT molecular complexity index is 596. The van der Waals surface area contributed by atoms with Crippen LogP contribution in [0.25, 0.3) is 0 Å². The van der Waals surface area contributed by atoms with Gasteiger partial charge in [0.25, 0.3) is 0 Å². The number of halogens is 1. The highest BCUT2D eigenvalue weighted by atomic mass is 79.9. The summed E-state index contributed by atoms with van der Waals surface area (Å²) in [6, 6.07) is 15.9. The number of rotatable bonds is 6. The van der Waals surface area contributed by atoms with Crippen LogP contribution in [0.5, 0.6) is 5.75 Å². The molecule has 2 aromatic rings. The maximum absolute atomic E-state index is 11.4. The van der Waals surface area contributed by atoms with Gasteiger partial charge < -0.3 is 9.47 Å². The summed E-state index contributed by atoms with van der Waals surface area (Å²) in [5.41, 5.74) is 2.22. The van der Waals surface area contributed by atoms with Gasteiger partial charge in [-0.3, -0.25) is 0 Å². The van der Waals surface area contributed by atoms with E-state index < -0.39 is 0 Å². The molecule has 0 unspecified atom stereocenters. The van der Waals surface area contributed by atoms with Gasteiger partial charge in [0.05, 0.1) is 6.61 Å². The van der Waals surface area contributed by atoms with Crippen molar-refractivity contribution < 1.29 is 14.3 Å². The Hall–Kier alpha value is -1.81. The Kier molecular flexibility index (Phi) is 5.81. The molecule has 2 aromatic carbocycles. The molecule has 0 aromatic heterocycles. The van der Waals surface area contributed by atoms with Crippen molar-refractivity contribution >= 4 is 21.9 Å². The van der Waals surface area contributed by atoms with E-state index in [1.807, 2.05) is 36.4 Å². The highest BCUT2D eigenvalue weighted by Crippen LogP contribution is 2.25. The van der Waals surface area contributed by atoms with E-state index in [0.29, 0.717) is 12.4 Å². The van der Waals surface area contributed by atoms with Crippen molar-refractivity contribution in [3.63, 3.8) is 0 Å². The van der Waals surface area contributed by atoms with Gasteiger partial charge in [-0.25, -0.2) is 4.79 Å². The standard InChI is InChI=1S/C17H17BrO3/c1-2-20-17(19)12-21-16-9-8-15(18)11-14(16)10-13-6-4-3-5-7-13/h3-9,11H,2,10,12H2,1H3. The molecule has 0 atom stereocenters. The van der Waals surface area contributed by atoms with Gasteiger partial charge in [-0.15, -0.1) is 0 Å². The zero-order valence-corrected chi connectivity index (χ0v) is 13.4. The molecule has 0 bridgehead atoms. The lowest BCUT2D eigenvalue weighted by molar-refractivity contribution is -0.145. The van der Waals surface area contributed by atoms with Gasteiger partial charge in [-0.1, -0.05) is 46.3 Å². The first-order chi connectivity index (χ1) is 10.2. The summed E-state index contributed by atoms with van der Waals surface area (Å²) in [5.74, 6) is 0.348. The molecule has 0 saturated carbocycles. The van der Waals surface area contributed by atoms with Crippen LogP contribution >= 0.6 is 15.9 Å². The number of ether oxygens (including phenoxy) is 2. The minimum Gasteiger partial charge on any atom is -0.482 e. The average Bonchev–Trinajstić information content (AvgIpc) is 2.48. The Balaban J connectivity index is 2.12. The molecule has 0 aliphatic rings. The van der Waals surface area contributed by atoms with E-state index in [2.05, 4.69) is 28.1 Å². The molecule has 0 fully saturated rings. The van der Waals surface area contributed by atoms with Gasteiger partial charge in [0, 0.05) is 10.9 Å². The number of benzene rings is 2. The highest BCUT2D eigenvalue weighted by Gasteiger charge is 2.09. The molecular weight excluding hydrogens is 332 g/mol. The normalized spacial score (nSPS) is 10.2. The molecule has 21 heavy (non-hydrogen) atoms. The van der Waals surface area contributed by atoms with Crippen LogP contribution in [0.3, 0.4) is 0 Å². The predicted octanol–water partition coefficient (Wildman–Crippen LogP) is 3.98. The Labute approximate surface area is 133 Å². The third kappa shape index (κ3) is 4.90. The summed E-state index contributed by atoms with van der Waals surface area (Å²) < 4.78 is 11.4. The molecule has 3 nitrogen and oxygen atoms in total. The van der Waals surface area contributed by atoms with Crippen LogP contribution in [-0.4, -0.2) is 19.2 Å². The SMILES string of the molecule is CCOC(=O)COc1ccc(Br)cc1Cc1ccccc1. The van der Waals surface area contributed by atoms with E-state index >= 15 is 0 Å². The number of esters is 1.